The van der Waals surface area contributed by atoms with Crippen molar-refractivity contribution in [3.63, 3.8) is 0 Å². The average molecular weight is 880 g/mol. The Balaban J connectivity index is 0.00000203. The molecule has 7 aromatic rings. The summed E-state index contributed by atoms with van der Waals surface area (Å²) in [4.78, 5) is 0. The molecule has 0 heterocycles. The minimum absolute atomic E-state index is 0. The summed E-state index contributed by atoms with van der Waals surface area (Å²) in [6.07, 6.45) is 0. The monoisotopic (exact) mass is 880 g/mol. The van der Waals surface area contributed by atoms with E-state index in [1.165, 1.54) is 54.9 Å². The van der Waals surface area contributed by atoms with Crippen molar-refractivity contribution in [1.82, 2.24) is 0 Å². The molecule has 0 spiro atoms. The number of hydrogen-bond acceptors (Lipinski definition) is 0. The van der Waals surface area contributed by atoms with Crippen LogP contribution in [0.25, 0.3) is 32.7 Å². The molecule has 2 unspecified atom stereocenters. The number of rotatable bonds is 5. The summed E-state index contributed by atoms with van der Waals surface area (Å²) in [6, 6.07) is 62.2. The zero-order valence-corrected chi connectivity index (χ0v) is 35.1. The quantitative estimate of drug-likeness (QED) is 0.198. The van der Waals surface area contributed by atoms with Crippen molar-refractivity contribution in [2.45, 2.75) is 27.7 Å². The van der Waals surface area contributed by atoms with E-state index in [9.17, 15) is 0 Å². The van der Waals surface area contributed by atoms with Gasteiger partial charge in [0, 0.05) is 0 Å². The summed E-state index contributed by atoms with van der Waals surface area (Å²) in [7, 11) is 0. The molecule has 0 aromatic heterocycles. The maximum atomic E-state index is 2.68. The van der Waals surface area contributed by atoms with Gasteiger partial charge in [-0.25, -0.2) is 0 Å². The molecular weight excluding hydrogens is 842 g/mol. The number of benzene rings is 7. The Morgan fingerprint density at radius 1 is 0.412 bits per heavy atom. The summed E-state index contributed by atoms with van der Waals surface area (Å²) >= 11 is -2.84. The molecule has 2 aliphatic carbocycles. The molecule has 0 aliphatic heterocycles. The molecule has 9 rings (SSSR count). The number of fused-ring (bicyclic) bond motifs is 4. The molecule has 0 radical (unpaired) electrons. The second kappa shape index (κ2) is 14.7. The van der Waals surface area contributed by atoms with Crippen LogP contribution in [0.1, 0.15) is 54.6 Å². The van der Waals surface area contributed by atoms with Crippen LogP contribution in [0.5, 0.6) is 0 Å². The Labute approximate surface area is 321 Å². The van der Waals surface area contributed by atoms with Gasteiger partial charge in [0.15, 0.2) is 0 Å². The molecule has 7 aromatic carbocycles. The minimum Gasteiger partial charge on any atom is -1.00 e. The van der Waals surface area contributed by atoms with E-state index >= 15 is 0 Å². The molecule has 0 saturated heterocycles. The van der Waals surface area contributed by atoms with Gasteiger partial charge in [-0.1, -0.05) is 0 Å². The van der Waals surface area contributed by atoms with Crippen LogP contribution >= 0.6 is 0 Å². The first kappa shape index (κ1) is 35.6. The summed E-state index contributed by atoms with van der Waals surface area (Å²) < 4.78 is 1.02. The molecule has 4 heteroatoms. The maximum absolute atomic E-state index is 2.84. The second-order valence-corrected chi connectivity index (χ2v) is 35.7. The smallest absolute Gasteiger partial charge is 1.00 e. The Kier molecular flexibility index (Phi) is 10.2. The summed E-state index contributed by atoms with van der Waals surface area (Å²) in [5.41, 5.74) is 14.1. The molecule has 0 bridgehead atoms. The zero-order valence-electron chi connectivity index (χ0n) is 29.0. The van der Waals surface area contributed by atoms with Crippen molar-refractivity contribution in [2.75, 3.05) is 0 Å². The van der Waals surface area contributed by atoms with E-state index in [0.29, 0.717) is 7.35 Å². The fraction of sp³-hybridized carbons (Fsp3) is 0.106. The summed E-state index contributed by atoms with van der Waals surface area (Å²) in [5.74, 6) is 0. The topological polar surface area (TPSA) is 0 Å². The molecule has 0 N–H and O–H groups in total. The van der Waals surface area contributed by atoms with Gasteiger partial charge in [-0.3, -0.25) is 0 Å². The van der Waals surface area contributed by atoms with Crippen molar-refractivity contribution in [3.05, 3.63) is 208 Å². The molecule has 2 aliphatic rings. The van der Waals surface area contributed by atoms with Crippen LogP contribution in [0.4, 0.5) is 0 Å². The van der Waals surface area contributed by atoms with Gasteiger partial charge in [0.05, 0.1) is 0 Å². The van der Waals surface area contributed by atoms with Crippen molar-refractivity contribution >= 4 is 43.4 Å². The Hall–Kier alpha value is -3.79. The average Bonchev–Trinajstić information content (AvgIpc) is 3.61. The first-order valence-corrected chi connectivity index (χ1v) is 29.0. The van der Waals surface area contributed by atoms with Gasteiger partial charge in [0.2, 0.25) is 0 Å². The van der Waals surface area contributed by atoms with Gasteiger partial charge in [0.25, 0.3) is 0 Å². The molecule has 0 amide bonds. The van der Waals surface area contributed by atoms with Gasteiger partial charge in [-0.2, -0.15) is 0 Å². The summed E-state index contributed by atoms with van der Waals surface area (Å²) in [5, 5.41) is 6.94. The second-order valence-electron chi connectivity index (χ2n) is 13.7. The van der Waals surface area contributed by atoms with E-state index in [2.05, 4.69) is 184 Å². The van der Waals surface area contributed by atoms with Gasteiger partial charge < -0.3 is 24.8 Å². The van der Waals surface area contributed by atoms with E-state index in [4.69, 9.17) is 0 Å². The predicted molar refractivity (Wildman–Crippen MR) is 207 cm³/mol. The van der Waals surface area contributed by atoms with E-state index in [1.807, 2.05) is 0 Å². The van der Waals surface area contributed by atoms with Crippen LogP contribution in [-0.2, 0) is 20.1 Å². The fourth-order valence-electron chi connectivity index (χ4n) is 8.99. The van der Waals surface area contributed by atoms with E-state index in [-0.39, 0.29) is 24.8 Å². The van der Waals surface area contributed by atoms with Crippen LogP contribution in [-0.4, -0.2) is 5.49 Å². The number of halogens is 2. The molecule has 0 nitrogen and oxygen atoms in total. The molecule has 2 atom stereocenters. The first-order chi connectivity index (χ1) is 24.1. The van der Waals surface area contributed by atoms with Gasteiger partial charge >= 0.3 is 299 Å². The molecular formula is C47H38Cl2HfSi. The zero-order chi connectivity index (χ0) is 33.1. The first-order valence-electron chi connectivity index (χ1n) is 17.4. The minimum atomic E-state index is -2.84. The normalized spacial score (nSPS) is 15.9. The fourth-order valence-corrected chi connectivity index (χ4v) is 41.5. The van der Waals surface area contributed by atoms with Crippen molar-refractivity contribution < 1.29 is 44.9 Å². The van der Waals surface area contributed by atoms with Gasteiger partial charge in [0.1, 0.15) is 0 Å². The van der Waals surface area contributed by atoms with Crippen molar-refractivity contribution in [2.24, 2.45) is 0 Å². The maximum Gasteiger partial charge on any atom is -1.00 e. The SMILES string of the molecule is CC1=C(c2cccc3ccccc23)c2ccccc2[CH]1[Hf+2]([CH]1C(C)=C(c2cccc3ccccc23)c2ccccc21)=[Si](C)c1ccccc1.[Cl-].[Cl-]. The third kappa shape index (κ3) is 5.85. The van der Waals surface area contributed by atoms with Crippen LogP contribution in [0.2, 0.25) is 6.55 Å². The van der Waals surface area contributed by atoms with Gasteiger partial charge in [-0.05, 0) is 0 Å². The van der Waals surface area contributed by atoms with Crippen LogP contribution in [0.3, 0.4) is 0 Å². The van der Waals surface area contributed by atoms with Crippen LogP contribution in [0.15, 0.2) is 175 Å². The largest absolute Gasteiger partial charge is 1.00 e. The number of hydrogen-bond donors (Lipinski definition) is 0. The van der Waals surface area contributed by atoms with E-state index in [0.717, 1.165) is 0 Å². The predicted octanol–water partition coefficient (Wildman–Crippen LogP) is 5.60. The summed E-state index contributed by atoms with van der Waals surface area (Å²) in [6.45, 7) is 7.68. The third-order valence-electron chi connectivity index (χ3n) is 11.1. The van der Waals surface area contributed by atoms with Gasteiger partial charge in [-0.15, -0.1) is 0 Å². The Morgan fingerprint density at radius 3 is 1.27 bits per heavy atom. The third-order valence-corrected chi connectivity index (χ3v) is 40.2. The standard InChI is InChI=1S/2C20H15.C7H8Si.2ClH.Hf/c2*1-14-13-16-8-3-5-11-18(16)20(14)19-12-6-9-15-7-2-4-10-17(15)19;1-8-7-5-3-2-4-6-7;;;/h2*2-13H,1H3;2-6H,1H3;2*1H;/q;;;;;+2/p-2. The van der Waals surface area contributed by atoms with E-state index < -0.39 is 25.6 Å². The Bertz CT molecular complexity index is 2380. The Morgan fingerprint density at radius 2 is 0.784 bits per heavy atom. The molecule has 0 saturated carbocycles. The van der Waals surface area contributed by atoms with Crippen LogP contribution in [0, 0.1) is 0 Å². The molecule has 0 fully saturated rings. The van der Waals surface area contributed by atoms with E-state index in [1.54, 1.807) is 27.5 Å². The van der Waals surface area contributed by atoms with Crippen molar-refractivity contribution in [1.29, 1.82) is 0 Å². The number of allylic oxidation sites excluding steroid dienone is 2. The molecule has 248 valence electrons. The molecule has 51 heavy (non-hydrogen) atoms. The van der Waals surface area contributed by atoms with Crippen molar-refractivity contribution in [3.8, 4) is 0 Å². The van der Waals surface area contributed by atoms with Crippen LogP contribution < -0.4 is 30.0 Å².